The topological polar surface area (TPSA) is 44.5 Å². The fraction of sp³-hybridized carbons (Fsp3) is 0.333. The molecule has 1 rings (SSSR count). The van der Waals surface area contributed by atoms with Crippen LogP contribution in [0.15, 0.2) is 12.1 Å². The van der Waals surface area contributed by atoms with Crippen molar-refractivity contribution in [3.8, 4) is 11.5 Å². The van der Waals surface area contributed by atoms with Crippen molar-refractivity contribution in [3.05, 3.63) is 17.7 Å². The van der Waals surface area contributed by atoms with Crippen LogP contribution in [0.2, 0.25) is 0 Å². The number of nitrogen functional groups attached to an aromatic ring is 1. The maximum absolute atomic E-state index is 12.4. The van der Waals surface area contributed by atoms with Crippen molar-refractivity contribution in [1.29, 1.82) is 0 Å². The minimum atomic E-state index is -0.600. The molecular weight excluding hydrogens is 173 g/mol. The molecule has 0 aromatic heterocycles. The van der Waals surface area contributed by atoms with Crippen LogP contribution in [0.1, 0.15) is 5.56 Å². The molecule has 1 aromatic rings. The quantitative estimate of drug-likeness (QED) is 0.729. The third-order valence-electron chi connectivity index (χ3n) is 1.78. The van der Waals surface area contributed by atoms with Crippen molar-refractivity contribution < 1.29 is 13.9 Å². The van der Waals surface area contributed by atoms with E-state index in [2.05, 4.69) is 0 Å². The van der Waals surface area contributed by atoms with Gasteiger partial charge in [0.25, 0.3) is 0 Å². The van der Waals surface area contributed by atoms with Crippen LogP contribution < -0.4 is 15.2 Å². The van der Waals surface area contributed by atoms with Gasteiger partial charge in [-0.15, -0.1) is 0 Å². The Hall–Kier alpha value is -1.45. The summed E-state index contributed by atoms with van der Waals surface area (Å²) in [4.78, 5) is 0. The average molecular weight is 185 g/mol. The normalized spacial score (nSPS) is 9.77. The lowest BCUT2D eigenvalue weighted by Crippen LogP contribution is -1.97. The Bertz CT molecular complexity index is 302. The molecule has 0 aliphatic carbocycles. The lowest BCUT2D eigenvalue weighted by atomic mass is 10.2. The van der Waals surface area contributed by atoms with Gasteiger partial charge in [0, 0.05) is 11.6 Å². The molecule has 0 amide bonds. The molecule has 0 atom stereocenters. The number of hydrogen-bond acceptors (Lipinski definition) is 3. The number of rotatable bonds is 3. The summed E-state index contributed by atoms with van der Waals surface area (Å²) in [5.41, 5.74) is 6.43. The van der Waals surface area contributed by atoms with Crippen molar-refractivity contribution in [1.82, 2.24) is 0 Å². The van der Waals surface area contributed by atoms with Crippen LogP contribution in [0.4, 0.5) is 10.1 Å². The first-order valence-electron chi connectivity index (χ1n) is 3.79. The highest BCUT2D eigenvalue weighted by atomic mass is 19.1. The van der Waals surface area contributed by atoms with E-state index in [9.17, 15) is 4.39 Å². The summed E-state index contributed by atoms with van der Waals surface area (Å²) in [6.45, 7) is -0.600. The largest absolute Gasteiger partial charge is 0.496 e. The first kappa shape index (κ1) is 9.64. The highest BCUT2D eigenvalue weighted by Crippen LogP contribution is 2.31. The minimum Gasteiger partial charge on any atom is -0.496 e. The van der Waals surface area contributed by atoms with Crippen molar-refractivity contribution in [2.24, 2.45) is 0 Å². The van der Waals surface area contributed by atoms with Crippen LogP contribution in [0, 0.1) is 0 Å². The predicted octanol–water partition coefficient (Wildman–Crippen LogP) is 1.76. The Morgan fingerprint density at radius 3 is 2.31 bits per heavy atom. The highest BCUT2D eigenvalue weighted by molar-refractivity contribution is 5.59. The molecule has 0 aliphatic heterocycles. The molecule has 0 bridgehead atoms. The van der Waals surface area contributed by atoms with Crippen molar-refractivity contribution in [3.63, 3.8) is 0 Å². The summed E-state index contributed by atoms with van der Waals surface area (Å²) < 4.78 is 22.3. The number of ether oxygens (including phenoxy) is 2. The fourth-order valence-corrected chi connectivity index (χ4v) is 1.10. The van der Waals surface area contributed by atoms with Gasteiger partial charge in [-0.25, -0.2) is 4.39 Å². The Morgan fingerprint density at radius 1 is 1.23 bits per heavy atom. The van der Waals surface area contributed by atoms with Gasteiger partial charge in [-0.05, 0) is 6.07 Å². The van der Waals surface area contributed by atoms with Gasteiger partial charge in [-0.2, -0.15) is 0 Å². The van der Waals surface area contributed by atoms with Crippen LogP contribution in [0.3, 0.4) is 0 Å². The Kier molecular flexibility index (Phi) is 2.95. The van der Waals surface area contributed by atoms with Crippen molar-refractivity contribution in [2.75, 3.05) is 20.0 Å². The minimum absolute atomic E-state index is 0.413. The Balaban J connectivity index is 3.18. The maximum Gasteiger partial charge on any atom is 0.145 e. The van der Waals surface area contributed by atoms with E-state index in [-0.39, 0.29) is 0 Å². The van der Waals surface area contributed by atoms with Gasteiger partial charge in [-0.1, -0.05) is 0 Å². The molecule has 4 heteroatoms. The molecule has 0 radical (unpaired) electrons. The molecular formula is C9H12FNO2. The Labute approximate surface area is 76.3 Å². The molecule has 72 valence electrons. The SMILES string of the molecule is COc1cc(OC)c(CF)cc1N. The van der Waals surface area contributed by atoms with E-state index in [1.54, 1.807) is 6.07 Å². The standard InChI is InChI=1S/C9H12FNO2/c1-12-8-4-9(13-2)7(11)3-6(8)5-10/h3-4H,5,11H2,1-2H3. The zero-order valence-corrected chi connectivity index (χ0v) is 7.63. The van der Waals surface area contributed by atoms with E-state index in [1.807, 2.05) is 0 Å². The summed E-state index contributed by atoms with van der Waals surface area (Å²) in [5.74, 6) is 0.947. The first-order valence-corrected chi connectivity index (χ1v) is 3.79. The van der Waals surface area contributed by atoms with Gasteiger partial charge in [0.2, 0.25) is 0 Å². The van der Waals surface area contributed by atoms with E-state index < -0.39 is 6.67 Å². The number of benzene rings is 1. The molecule has 0 saturated carbocycles. The second kappa shape index (κ2) is 3.98. The number of hydrogen-bond donors (Lipinski definition) is 1. The maximum atomic E-state index is 12.4. The van der Waals surface area contributed by atoms with E-state index in [1.165, 1.54) is 20.3 Å². The molecule has 0 saturated heterocycles. The summed E-state index contributed by atoms with van der Waals surface area (Å²) in [6, 6.07) is 3.09. The average Bonchev–Trinajstić information content (AvgIpc) is 2.17. The van der Waals surface area contributed by atoms with Gasteiger partial charge in [-0.3, -0.25) is 0 Å². The van der Waals surface area contributed by atoms with Crippen LogP contribution in [-0.4, -0.2) is 14.2 Å². The smallest absolute Gasteiger partial charge is 0.145 e. The van der Waals surface area contributed by atoms with E-state index in [0.717, 1.165) is 0 Å². The third-order valence-corrected chi connectivity index (χ3v) is 1.78. The number of alkyl halides is 1. The molecule has 0 fully saturated rings. The summed E-state index contributed by atoms with van der Waals surface area (Å²) in [7, 11) is 2.98. The van der Waals surface area contributed by atoms with Crippen LogP contribution >= 0.6 is 0 Å². The van der Waals surface area contributed by atoms with Crippen molar-refractivity contribution >= 4 is 5.69 Å². The zero-order valence-electron chi connectivity index (χ0n) is 7.63. The van der Waals surface area contributed by atoms with E-state index in [0.29, 0.717) is 22.7 Å². The first-order chi connectivity index (χ1) is 6.22. The van der Waals surface area contributed by atoms with E-state index >= 15 is 0 Å². The molecule has 0 aliphatic rings. The zero-order chi connectivity index (χ0) is 9.84. The van der Waals surface area contributed by atoms with Gasteiger partial charge < -0.3 is 15.2 Å². The van der Waals surface area contributed by atoms with Crippen LogP contribution in [0.5, 0.6) is 11.5 Å². The second-order valence-corrected chi connectivity index (χ2v) is 2.54. The Morgan fingerprint density at radius 2 is 1.85 bits per heavy atom. The van der Waals surface area contributed by atoms with E-state index in [4.69, 9.17) is 15.2 Å². The molecule has 13 heavy (non-hydrogen) atoms. The number of methoxy groups -OCH3 is 2. The summed E-state index contributed by atoms with van der Waals surface area (Å²) in [6.07, 6.45) is 0. The predicted molar refractivity (Wildman–Crippen MR) is 48.8 cm³/mol. The van der Waals surface area contributed by atoms with Gasteiger partial charge in [0.15, 0.2) is 0 Å². The highest BCUT2D eigenvalue weighted by Gasteiger charge is 2.08. The molecule has 0 spiro atoms. The van der Waals surface area contributed by atoms with Gasteiger partial charge in [0.1, 0.15) is 18.2 Å². The molecule has 2 N–H and O–H groups in total. The molecule has 0 unspecified atom stereocenters. The van der Waals surface area contributed by atoms with Gasteiger partial charge in [0.05, 0.1) is 19.9 Å². The molecule has 0 heterocycles. The lowest BCUT2D eigenvalue weighted by molar-refractivity contribution is 0.382. The number of halogens is 1. The number of anilines is 1. The monoisotopic (exact) mass is 185 g/mol. The van der Waals surface area contributed by atoms with Crippen molar-refractivity contribution in [2.45, 2.75) is 6.67 Å². The summed E-state index contributed by atoms with van der Waals surface area (Å²) >= 11 is 0. The van der Waals surface area contributed by atoms with Crippen LogP contribution in [0.25, 0.3) is 0 Å². The van der Waals surface area contributed by atoms with Crippen LogP contribution in [-0.2, 0) is 6.67 Å². The third kappa shape index (κ3) is 1.83. The summed E-state index contributed by atoms with van der Waals surface area (Å²) in [5, 5.41) is 0. The number of nitrogens with two attached hydrogens (primary N) is 1. The second-order valence-electron chi connectivity index (χ2n) is 2.54. The molecule has 3 nitrogen and oxygen atoms in total. The fourth-order valence-electron chi connectivity index (χ4n) is 1.10. The van der Waals surface area contributed by atoms with Gasteiger partial charge >= 0.3 is 0 Å². The molecule has 1 aromatic carbocycles. The lowest BCUT2D eigenvalue weighted by Gasteiger charge is -2.10.